The molecule has 0 amide bonds. The molecule has 0 spiro atoms. The molecule has 1 unspecified atom stereocenters. The number of aryl methyl sites for hydroxylation is 1. The van der Waals surface area contributed by atoms with Crippen LogP contribution in [0.4, 0.5) is 0 Å². The molecule has 20 heavy (non-hydrogen) atoms. The fourth-order valence-corrected chi connectivity index (χ4v) is 3.11. The Morgan fingerprint density at radius 3 is 2.55 bits per heavy atom. The fraction of sp³-hybridized carbons (Fsp3) is 0.800. The quantitative estimate of drug-likeness (QED) is 0.357. The van der Waals surface area contributed by atoms with E-state index in [-0.39, 0.29) is 6.04 Å². The van der Waals surface area contributed by atoms with Gasteiger partial charge in [0.05, 0.1) is 22.4 Å². The van der Waals surface area contributed by atoms with Gasteiger partial charge in [0.1, 0.15) is 0 Å². The van der Waals surface area contributed by atoms with Crippen molar-refractivity contribution in [2.75, 3.05) is 0 Å². The van der Waals surface area contributed by atoms with E-state index in [9.17, 15) is 0 Å². The van der Waals surface area contributed by atoms with E-state index in [0.717, 1.165) is 23.9 Å². The molecule has 1 aromatic heterocycles. The second-order valence-corrected chi connectivity index (χ2v) is 6.23. The summed E-state index contributed by atoms with van der Waals surface area (Å²) < 4.78 is 3.12. The first-order valence-corrected chi connectivity index (χ1v) is 8.71. The van der Waals surface area contributed by atoms with Crippen LogP contribution in [0.3, 0.4) is 0 Å². The Morgan fingerprint density at radius 1 is 1.20 bits per heavy atom. The topological polar surface area (TPSA) is 55.9 Å². The molecule has 0 bridgehead atoms. The van der Waals surface area contributed by atoms with Crippen LogP contribution < -0.4 is 11.3 Å². The number of hydrogen-bond donors (Lipinski definition) is 2. The molecule has 3 N–H and O–H groups in total. The molecule has 0 aromatic carbocycles. The molecule has 0 aliphatic rings. The van der Waals surface area contributed by atoms with Gasteiger partial charge in [0.15, 0.2) is 0 Å². The first kappa shape index (κ1) is 17.7. The van der Waals surface area contributed by atoms with Crippen LogP contribution >= 0.6 is 15.9 Å². The SMILES string of the molecule is CCCCCCCCC(NN)c1c(Br)cnn1CCC. The first-order valence-electron chi connectivity index (χ1n) is 7.91. The van der Waals surface area contributed by atoms with Crippen LogP contribution in [0.2, 0.25) is 0 Å². The molecular formula is C15H29BrN4. The highest BCUT2D eigenvalue weighted by atomic mass is 79.9. The van der Waals surface area contributed by atoms with Crippen molar-refractivity contribution in [3.63, 3.8) is 0 Å². The third kappa shape index (κ3) is 5.54. The molecule has 0 aliphatic carbocycles. The number of nitrogens with two attached hydrogens (primary N) is 1. The minimum atomic E-state index is 0.185. The molecule has 1 atom stereocenters. The lowest BCUT2D eigenvalue weighted by molar-refractivity contribution is 0.435. The van der Waals surface area contributed by atoms with Crippen molar-refractivity contribution < 1.29 is 0 Å². The number of hydrazine groups is 1. The molecule has 0 aliphatic heterocycles. The number of nitrogens with zero attached hydrogens (tertiary/aromatic N) is 2. The maximum Gasteiger partial charge on any atom is 0.0709 e. The summed E-state index contributed by atoms with van der Waals surface area (Å²) in [6, 6.07) is 0.185. The maximum atomic E-state index is 5.75. The Labute approximate surface area is 131 Å². The Kier molecular flexibility index (Phi) is 9.14. The van der Waals surface area contributed by atoms with Crippen LogP contribution in [0, 0.1) is 0 Å². The van der Waals surface area contributed by atoms with E-state index in [2.05, 4.69) is 45.0 Å². The molecule has 116 valence electrons. The van der Waals surface area contributed by atoms with Gasteiger partial charge in [0.2, 0.25) is 0 Å². The van der Waals surface area contributed by atoms with Crippen molar-refractivity contribution in [2.45, 2.75) is 77.8 Å². The standard InChI is InChI=1S/C15H29BrN4/c1-3-5-6-7-8-9-10-14(19-17)15-13(16)12-18-20(15)11-4-2/h12,14,19H,3-11,17H2,1-2H3. The van der Waals surface area contributed by atoms with Crippen molar-refractivity contribution in [3.05, 3.63) is 16.4 Å². The highest BCUT2D eigenvalue weighted by Crippen LogP contribution is 2.27. The van der Waals surface area contributed by atoms with Gasteiger partial charge in [-0.05, 0) is 28.8 Å². The first-order chi connectivity index (χ1) is 9.74. The molecular weight excluding hydrogens is 316 g/mol. The van der Waals surface area contributed by atoms with Gasteiger partial charge in [0, 0.05) is 6.54 Å². The number of unbranched alkanes of at least 4 members (excludes halogenated alkanes) is 5. The third-order valence-electron chi connectivity index (χ3n) is 3.65. The lowest BCUT2D eigenvalue weighted by Crippen LogP contribution is -2.30. The van der Waals surface area contributed by atoms with Gasteiger partial charge in [-0.15, -0.1) is 0 Å². The van der Waals surface area contributed by atoms with Gasteiger partial charge in [-0.2, -0.15) is 5.10 Å². The number of aromatic nitrogens is 2. The van der Waals surface area contributed by atoms with E-state index in [0.29, 0.717) is 0 Å². The smallest absolute Gasteiger partial charge is 0.0709 e. The number of nitrogens with one attached hydrogen (secondary N) is 1. The van der Waals surface area contributed by atoms with Crippen molar-refractivity contribution in [2.24, 2.45) is 5.84 Å². The van der Waals surface area contributed by atoms with Crippen LogP contribution in [0.15, 0.2) is 10.7 Å². The second-order valence-electron chi connectivity index (χ2n) is 5.38. The van der Waals surface area contributed by atoms with Crippen LogP contribution in [0.25, 0.3) is 0 Å². The lowest BCUT2D eigenvalue weighted by atomic mass is 10.0. The molecule has 1 aromatic rings. The molecule has 0 fully saturated rings. The monoisotopic (exact) mass is 344 g/mol. The minimum absolute atomic E-state index is 0.185. The predicted octanol–water partition coefficient (Wildman–Crippen LogP) is 4.31. The number of hydrogen-bond acceptors (Lipinski definition) is 3. The predicted molar refractivity (Wildman–Crippen MR) is 88.3 cm³/mol. The summed E-state index contributed by atoms with van der Waals surface area (Å²) in [4.78, 5) is 0. The summed E-state index contributed by atoms with van der Waals surface area (Å²) in [6.07, 6.45) is 11.9. The van der Waals surface area contributed by atoms with Gasteiger partial charge < -0.3 is 0 Å². The largest absolute Gasteiger partial charge is 0.271 e. The fourth-order valence-electron chi connectivity index (χ4n) is 2.54. The highest BCUT2D eigenvalue weighted by Gasteiger charge is 2.18. The Hall–Kier alpha value is -0.390. The molecule has 0 radical (unpaired) electrons. The normalized spacial score (nSPS) is 12.8. The molecule has 4 nitrogen and oxygen atoms in total. The van der Waals surface area contributed by atoms with Gasteiger partial charge in [-0.25, -0.2) is 0 Å². The Bertz CT molecular complexity index is 365. The van der Waals surface area contributed by atoms with E-state index in [4.69, 9.17) is 5.84 Å². The summed E-state index contributed by atoms with van der Waals surface area (Å²) >= 11 is 3.59. The summed E-state index contributed by atoms with van der Waals surface area (Å²) in [5, 5.41) is 4.42. The van der Waals surface area contributed by atoms with E-state index in [1.807, 2.05) is 6.20 Å². The Balaban J connectivity index is 2.47. The van der Waals surface area contributed by atoms with Crippen LogP contribution in [-0.2, 0) is 6.54 Å². The van der Waals surface area contributed by atoms with Crippen LogP contribution in [0.5, 0.6) is 0 Å². The van der Waals surface area contributed by atoms with E-state index in [1.165, 1.54) is 44.2 Å². The highest BCUT2D eigenvalue weighted by molar-refractivity contribution is 9.10. The van der Waals surface area contributed by atoms with Crippen molar-refractivity contribution in [1.82, 2.24) is 15.2 Å². The molecule has 0 saturated heterocycles. The molecule has 5 heteroatoms. The minimum Gasteiger partial charge on any atom is -0.271 e. The zero-order chi connectivity index (χ0) is 14.8. The average Bonchev–Trinajstić information content (AvgIpc) is 2.80. The zero-order valence-corrected chi connectivity index (χ0v) is 14.5. The zero-order valence-electron chi connectivity index (χ0n) is 12.9. The van der Waals surface area contributed by atoms with Gasteiger partial charge >= 0.3 is 0 Å². The van der Waals surface area contributed by atoms with Crippen LogP contribution in [-0.4, -0.2) is 9.78 Å². The van der Waals surface area contributed by atoms with Gasteiger partial charge in [-0.3, -0.25) is 16.0 Å². The molecule has 1 heterocycles. The molecule has 1 rings (SSSR count). The molecule has 0 saturated carbocycles. The summed E-state index contributed by atoms with van der Waals surface area (Å²) in [6.45, 7) is 5.36. The number of rotatable bonds is 11. The van der Waals surface area contributed by atoms with E-state index >= 15 is 0 Å². The van der Waals surface area contributed by atoms with Crippen molar-refractivity contribution in [3.8, 4) is 0 Å². The maximum absolute atomic E-state index is 5.75. The summed E-state index contributed by atoms with van der Waals surface area (Å²) in [5.41, 5.74) is 4.14. The lowest BCUT2D eigenvalue weighted by Gasteiger charge is -2.18. The summed E-state index contributed by atoms with van der Waals surface area (Å²) in [7, 11) is 0. The second kappa shape index (κ2) is 10.4. The van der Waals surface area contributed by atoms with Gasteiger partial charge in [0.25, 0.3) is 0 Å². The van der Waals surface area contributed by atoms with E-state index in [1.54, 1.807) is 0 Å². The number of halogens is 1. The average molecular weight is 345 g/mol. The summed E-state index contributed by atoms with van der Waals surface area (Å²) in [5.74, 6) is 5.75. The van der Waals surface area contributed by atoms with Gasteiger partial charge in [-0.1, -0.05) is 52.4 Å². The van der Waals surface area contributed by atoms with E-state index < -0.39 is 0 Å². The van der Waals surface area contributed by atoms with Crippen LogP contribution in [0.1, 0.15) is 76.9 Å². The van der Waals surface area contributed by atoms with Crippen molar-refractivity contribution >= 4 is 15.9 Å². The van der Waals surface area contributed by atoms with Crippen molar-refractivity contribution in [1.29, 1.82) is 0 Å². The Morgan fingerprint density at radius 2 is 1.90 bits per heavy atom. The third-order valence-corrected chi connectivity index (χ3v) is 4.26.